The van der Waals surface area contributed by atoms with Crippen molar-refractivity contribution in [2.75, 3.05) is 23.3 Å². The van der Waals surface area contributed by atoms with E-state index in [0.717, 1.165) is 30.6 Å². The highest BCUT2D eigenvalue weighted by Gasteiger charge is 2.18. The Morgan fingerprint density at radius 1 is 1.27 bits per heavy atom. The minimum atomic E-state index is -0.164. The van der Waals surface area contributed by atoms with Gasteiger partial charge in [0.25, 0.3) is 5.91 Å². The average molecular weight is 317 g/mol. The van der Waals surface area contributed by atoms with Crippen LogP contribution >= 0.6 is 11.3 Å². The lowest BCUT2D eigenvalue weighted by atomic mass is 10.00. The molecule has 0 aromatic carbocycles. The van der Waals surface area contributed by atoms with E-state index in [4.69, 9.17) is 0 Å². The highest BCUT2D eigenvalue weighted by atomic mass is 32.1. The van der Waals surface area contributed by atoms with E-state index in [2.05, 4.69) is 32.1 Å². The molecule has 1 aliphatic rings. The number of amides is 1. The van der Waals surface area contributed by atoms with Crippen LogP contribution in [0.3, 0.4) is 0 Å². The highest BCUT2D eigenvalue weighted by molar-refractivity contribution is 7.12. The van der Waals surface area contributed by atoms with E-state index in [0.29, 0.717) is 10.6 Å². The van der Waals surface area contributed by atoms with E-state index in [1.807, 2.05) is 6.92 Å². The van der Waals surface area contributed by atoms with Gasteiger partial charge in [0, 0.05) is 13.1 Å². The molecule has 7 heteroatoms. The minimum absolute atomic E-state index is 0.164. The summed E-state index contributed by atoms with van der Waals surface area (Å²) in [5.74, 6) is 1.35. The summed E-state index contributed by atoms with van der Waals surface area (Å²) in [5.41, 5.74) is 3.01. The monoisotopic (exact) mass is 317 g/mol. The lowest BCUT2D eigenvalue weighted by Crippen LogP contribution is -2.34. The number of carbonyl (C=O) groups excluding carboxylic acids is 1. The van der Waals surface area contributed by atoms with Crippen molar-refractivity contribution >= 4 is 28.9 Å². The average Bonchev–Trinajstić information content (AvgIpc) is 2.95. The Kier molecular flexibility index (Phi) is 4.33. The number of aryl methyl sites for hydroxylation is 1. The SMILES string of the molecule is Cc1ncsc1C(=O)Nc1cnc(N2CCC(C)CC2)nc1. The Labute approximate surface area is 133 Å². The second-order valence-electron chi connectivity index (χ2n) is 5.66. The van der Waals surface area contributed by atoms with Gasteiger partial charge in [0.15, 0.2) is 0 Å². The molecule has 0 spiro atoms. The summed E-state index contributed by atoms with van der Waals surface area (Å²) in [4.78, 5) is 27.7. The van der Waals surface area contributed by atoms with Crippen molar-refractivity contribution in [3.8, 4) is 0 Å². The van der Waals surface area contributed by atoms with Crippen molar-refractivity contribution in [1.29, 1.82) is 0 Å². The lowest BCUT2D eigenvalue weighted by molar-refractivity contribution is 0.102. The molecular formula is C15H19N5OS. The van der Waals surface area contributed by atoms with Gasteiger partial charge in [-0.25, -0.2) is 15.0 Å². The van der Waals surface area contributed by atoms with E-state index < -0.39 is 0 Å². The van der Waals surface area contributed by atoms with Crippen molar-refractivity contribution in [3.63, 3.8) is 0 Å². The molecule has 1 amide bonds. The first-order valence-electron chi connectivity index (χ1n) is 7.42. The fourth-order valence-corrected chi connectivity index (χ4v) is 3.16. The van der Waals surface area contributed by atoms with Crippen LogP contribution in [0.2, 0.25) is 0 Å². The number of nitrogens with zero attached hydrogens (tertiary/aromatic N) is 4. The van der Waals surface area contributed by atoms with Crippen molar-refractivity contribution in [3.05, 3.63) is 28.5 Å². The number of hydrogen-bond donors (Lipinski definition) is 1. The molecule has 1 fully saturated rings. The first-order chi connectivity index (χ1) is 10.6. The van der Waals surface area contributed by atoms with Gasteiger partial charge in [-0.1, -0.05) is 6.92 Å². The number of aromatic nitrogens is 3. The van der Waals surface area contributed by atoms with Crippen LogP contribution in [0.25, 0.3) is 0 Å². The fourth-order valence-electron chi connectivity index (χ4n) is 2.47. The Bertz CT molecular complexity index is 646. The summed E-state index contributed by atoms with van der Waals surface area (Å²) >= 11 is 1.33. The summed E-state index contributed by atoms with van der Waals surface area (Å²) in [6.45, 7) is 6.08. The molecule has 22 heavy (non-hydrogen) atoms. The van der Waals surface area contributed by atoms with Crippen molar-refractivity contribution in [2.45, 2.75) is 26.7 Å². The number of nitrogens with one attached hydrogen (secondary N) is 1. The number of rotatable bonds is 3. The molecule has 3 heterocycles. The second kappa shape index (κ2) is 6.39. The largest absolute Gasteiger partial charge is 0.341 e. The third-order valence-corrected chi connectivity index (χ3v) is 4.84. The Balaban J connectivity index is 1.64. The van der Waals surface area contributed by atoms with Gasteiger partial charge < -0.3 is 10.2 Å². The molecule has 0 saturated carbocycles. The number of thiazole rings is 1. The van der Waals surface area contributed by atoms with Crippen LogP contribution in [-0.2, 0) is 0 Å². The van der Waals surface area contributed by atoms with Gasteiger partial charge in [-0.2, -0.15) is 0 Å². The van der Waals surface area contributed by atoms with E-state index in [9.17, 15) is 4.79 Å². The molecule has 6 nitrogen and oxygen atoms in total. The maximum Gasteiger partial charge on any atom is 0.267 e. The summed E-state index contributed by atoms with van der Waals surface area (Å²) in [5, 5.41) is 2.81. The quantitative estimate of drug-likeness (QED) is 0.942. The molecule has 3 rings (SSSR count). The third kappa shape index (κ3) is 3.24. The lowest BCUT2D eigenvalue weighted by Gasteiger charge is -2.30. The standard InChI is InChI=1S/C15H19N5OS/c1-10-3-5-20(6-4-10)15-16-7-12(8-17-15)19-14(21)13-11(2)18-9-22-13/h7-10H,3-6H2,1-2H3,(H,19,21). The van der Waals surface area contributed by atoms with Gasteiger partial charge in [-0.15, -0.1) is 11.3 Å². The molecular weight excluding hydrogens is 298 g/mol. The molecule has 0 aliphatic carbocycles. The van der Waals surface area contributed by atoms with Gasteiger partial charge in [0.2, 0.25) is 5.95 Å². The van der Waals surface area contributed by atoms with Gasteiger partial charge in [0.1, 0.15) is 4.88 Å². The smallest absolute Gasteiger partial charge is 0.267 e. The van der Waals surface area contributed by atoms with Crippen LogP contribution in [0.15, 0.2) is 17.9 Å². The summed E-state index contributed by atoms with van der Waals surface area (Å²) in [7, 11) is 0. The van der Waals surface area contributed by atoms with E-state index in [1.165, 1.54) is 24.2 Å². The van der Waals surface area contributed by atoms with Crippen LogP contribution in [0, 0.1) is 12.8 Å². The maximum absolute atomic E-state index is 12.1. The van der Waals surface area contributed by atoms with Crippen LogP contribution in [-0.4, -0.2) is 33.9 Å². The molecule has 0 unspecified atom stereocenters. The summed E-state index contributed by atoms with van der Waals surface area (Å²) in [6.07, 6.45) is 5.67. The molecule has 0 bridgehead atoms. The number of piperidine rings is 1. The predicted molar refractivity (Wildman–Crippen MR) is 87.4 cm³/mol. The topological polar surface area (TPSA) is 71.0 Å². The van der Waals surface area contributed by atoms with E-state index in [-0.39, 0.29) is 5.91 Å². The van der Waals surface area contributed by atoms with Crippen molar-refractivity contribution < 1.29 is 4.79 Å². The van der Waals surface area contributed by atoms with Gasteiger partial charge in [-0.05, 0) is 25.7 Å². The molecule has 0 atom stereocenters. The normalized spacial score (nSPS) is 15.8. The van der Waals surface area contributed by atoms with Crippen LogP contribution in [0.5, 0.6) is 0 Å². The maximum atomic E-state index is 12.1. The zero-order valence-electron chi connectivity index (χ0n) is 12.7. The Morgan fingerprint density at radius 3 is 2.55 bits per heavy atom. The highest BCUT2D eigenvalue weighted by Crippen LogP contribution is 2.20. The molecule has 116 valence electrons. The predicted octanol–water partition coefficient (Wildman–Crippen LogP) is 2.73. The van der Waals surface area contributed by atoms with Crippen molar-refractivity contribution in [1.82, 2.24) is 15.0 Å². The first-order valence-corrected chi connectivity index (χ1v) is 8.30. The second-order valence-corrected chi connectivity index (χ2v) is 6.52. The summed E-state index contributed by atoms with van der Waals surface area (Å²) < 4.78 is 0. The Morgan fingerprint density at radius 2 is 1.95 bits per heavy atom. The van der Waals surface area contributed by atoms with Crippen LogP contribution < -0.4 is 10.2 Å². The molecule has 0 radical (unpaired) electrons. The summed E-state index contributed by atoms with van der Waals surface area (Å²) in [6, 6.07) is 0. The first kappa shape index (κ1) is 14.9. The Hall–Kier alpha value is -2.02. The van der Waals surface area contributed by atoms with Gasteiger partial charge in [0.05, 0.1) is 29.3 Å². The molecule has 2 aromatic rings. The van der Waals surface area contributed by atoms with Crippen LogP contribution in [0.4, 0.5) is 11.6 Å². The minimum Gasteiger partial charge on any atom is -0.341 e. The number of anilines is 2. The van der Waals surface area contributed by atoms with Crippen LogP contribution in [0.1, 0.15) is 35.1 Å². The number of carbonyl (C=O) groups is 1. The molecule has 1 N–H and O–H groups in total. The van der Waals surface area contributed by atoms with E-state index >= 15 is 0 Å². The molecule has 1 aliphatic heterocycles. The fraction of sp³-hybridized carbons (Fsp3) is 0.467. The zero-order chi connectivity index (χ0) is 15.5. The number of hydrogen-bond acceptors (Lipinski definition) is 6. The van der Waals surface area contributed by atoms with Gasteiger partial charge >= 0.3 is 0 Å². The van der Waals surface area contributed by atoms with E-state index in [1.54, 1.807) is 17.9 Å². The van der Waals surface area contributed by atoms with Gasteiger partial charge in [-0.3, -0.25) is 4.79 Å². The molecule has 1 saturated heterocycles. The van der Waals surface area contributed by atoms with Crippen molar-refractivity contribution in [2.24, 2.45) is 5.92 Å². The third-order valence-electron chi connectivity index (χ3n) is 3.91. The zero-order valence-corrected chi connectivity index (χ0v) is 13.6. The molecule has 2 aromatic heterocycles.